The molecule has 1 spiro atoms. The van der Waals surface area contributed by atoms with E-state index in [0.717, 1.165) is 6.61 Å². The zero-order valence-corrected chi connectivity index (χ0v) is 10.4. The predicted molar refractivity (Wildman–Crippen MR) is 63.9 cm³/mol. The Morgan fingerprint density at radius 3 is 2.53 bits per heavy atom. The summed E-state index contributed by atoms with van der Waals surface area (Å²) < 4.78 is 6.14. The molecular formula is C14H24O. The third-order valence-corrected chi connectivity index (χ3v) is 4.91. The molecule has 1 heterocycles. The van der Waals surface area contributed by atoms with Gasteiger partial charge in [0.15, 0.2) is 0 Å². The molecule has 2 rings (SSSR count). The average Bonchev–Trinajstić information content (AvgIpc) is 2.62. The van der Waals surface area contributed by atoms with Crippen molar-refractivity contribution in [2.75, 3.05) is 6.61 Å². The van der Waals surface area contributed by atoms with Gasteiger partial charge in [0.25, 0.3) is 0 Å². The third kappa shape index (κ3) is 1.56. The number of hydrogen-bond donors (Lipinski definition) is 0. The Hall–Kier alpha value is -0.300. The fraction of sp³-hybridized carbons (Fsp3) is 0.857. The van der Waals surface area contributed by atoms with Crippen LogP contribution in [0.25, 0.3) is 0 Å². The van der Waals surface area contributed by atoms with Gasteiger partial charge in [-0.25, -0.2) is 0 Å². The van der Waals surface area contributed by atoms with E-state index in [0.29, 0.717) is 5.41 Å². The second-order valence-electron chi connectivity index (χ2n) is 5.33. The lowest BCUT2D eigenvalue weighted by molar-refractivity contribution is -0.0742. The van der Waals surface area contributed by atoms with E-state index in [-0.39, 0.29) is 5.60 Å². The Labute approximate surface area is 93.9 Å². The molecule has 0 aromatic carbocycles. The highest BCUT2D eigenvalue weighted by atomic mass is 16.5. The van der Waals surface area contributed by atoms with Crippen LogP contribution in [0.4, 0.5) is 0 Å². The highest BCUT2D eigenvalue weighted by molar-refractivity contribution is 5.14. The molecule has 0 aromatic heterocycles. The Morgan fingerprint density at radius 1 is 1.27 bits per heavy atom. The van der Waals surface area contributed by atoms with Crippen LogP contribution in [0.2, 0.25) is 0 Å². The lowest BCUT2D eigenvalue weighted by atomic mass is 9.62. The summed E-state index contributed by atoms with van der Waals surface area (Å²) in [6.45, 7) is 7.83. The minimum absolute atomic E-state index is 0.185. The Morgan fingerprint density at radius 2 is 2.00 bits per heavy atom. The number of rotatable bonds is 2. The van der Waals surface area contributed by atoms with Crippen molar-refractivity contribution in [2.24, 2.45) is 5.41 Å². The summed E-state index contributed by atoms with van der Waals surface area (Å²) in [6.07, 6.45) is 9.96. The molecule has 2 aliphatic rings. The molecule has 1 fully saturated rings. The molecule has 86 valence electrons. The molecule has 0 saturated carbocycles. The van der Waals surface area contributed by atoms with Crippen molar-refractivity contribution >= 4 is 0 Å². The van der Waals surface area contributed by atoms with Gasteiger partial charge in [-0.1, -0.05) is 25.5 Å². The summed E-state index contributed by atoms with van der Waals surface area (Å²) in [4.78, 5) is 0. The maximum Gasteiger partial charge on any atom is 0.0737 e. The van der Waals surface area contributed by atoms with E-state index in [4.69, 9.17) is 4.74 Å². The Kier molecular flexibility index (Phi) is 2.94. The van der Waals surface area contributed by atoms with Crippen LogP contribution in [0.1, 0.15) is 59.3 Å². The molecule has 0 amide bonds. The van der Waals surface area contributed by atoms with Crippen LogP contribution in [-0.4, -0.2) is 12.2 Å². The van der Waals surface area contributed by atoms with Crippen molar-refractivity contribution < 1.29 is 4.74 Å². The smallest absolute Gasteiger partial charge is 0.0737 e. The van der Waals surface area contributed by atoms with Crippen LogP contribution < -0.4 is 0 Å². The molecule has 1 aliphatic carbocycles. The fourth-order valence-electron chi connectivity index (χ4n) is 3.68. The van der Waals surface area contributed by atoms with Crippen LogP contribution in [0.5, 0.6) is 0 Å². The van der Waals surface area contributed by atoms with Crippen molar-refractivity contribution in [3.05, 3.63) is 11.6 Å². The average molecular weight is 208 g/mol. The van der Waals surface area contributed by atoms with Gasteiger partial charge < -0.3 is 4.74 Å². The topological polar surface area (TPSA) is 9.23 Å². The van der Waals surface area contributed by atoms with Crippen molar-refractivity contribution in [1.82, 2.24) is 0 Å². The van der Waals surface area contributed by atoms with Crippen LogP contribution in [0.3, 0.4) is 0 Å². The number of allylic oxidation sites excluding steroid dienone is 2. The van der Waals surface area contributed by atoms with Crippen molar-refractivity contribution in [3.8, 4) is 0 Å². The minimum atomic E-state index is 0.185. The van der Waals surface area contributed by atoms with Crippen molar-refractivity contribution in [3.63, 3.8) is 0 Å². The second kappa shape index (κ2) is 3.93. The van der Waals surface area contributed by atoms with Crippen LogP contribution in [-0.2, 0) is 4.74 Å². The first-order valence-corrected chi connectivity index (χ1v) is 6.48. The molecule has 1 unspecified atom stereocenters. The Bertz CT molecular complexity index is 263. The fourth-order valence-corrected chi connectivity index (χ4v) is 3.68. The van der Waals surface area contributed by atoms with E-state index in [2.05, 4.69) is 26.8 Å². The van der Waals surface area contributed by atoms with Gasteiger partial charge in [0.2, 0.25) is 0 Å². The Balaban J connectivity index is 2.26. The van der Waals surface area contributed by atoms with Crippen molar-refractivity contribution in [2.45, 2.75) is 64.9 Å². The largest absolute Gasteiger partial charge is 0.374 e. The summed E-state index contributed by atoms with van der Waals surface area (Å²) in [5, 5.41) is 0. The monoisotopic (exact) mass is 208 g/mol. The highest BCUT2D eigenvalue weighted by Crippen LogP contribution is 2.55. The highest BCUT2D eigenvalue weighted by Gasteiger charge is 2.53. The van der Waals surface area contributed by atoms with Crippen LogP contribution in [0, 0.1) is 5.41 Å². The molecule has 1 heteroatoms. The quantitative estimate of drug-likeness (QED) is 0.621. The molecule has 15 heavy (non-hydrogen) atoms. The van der Waals surface area contributed by atoms with Gasteiger partial charge >= 0.3 is 0 Å². The molecule has 1 saturated heterocycles. The molecule has 0 radical (unpaired) electrons. The summed E-state index contributed by atoms with van der Waals surface area (Å²) in [5.41, 5.74) is 2.23. The second-order valence-corrected chi connectivity index (χ2v) is 5.33. The molecule has 1 nitrogen and oxygen atoms in total. The van der Waals surface area contributed by atoms with Gasteiger partial charge in [-0.3, -0.25) is 0 Å². The van der Waals surface area contributed by atoms with Gasteiger partial charge in [-0.05, 0) is 45.4 Å². The van der Waals surface area contributed by atoms with E-state index >= 15 is 0 Å². The first kappa shape index (κ1) is 11.2. The van der Waals surface area contributed by atoms with Crippen LogP contribution in [0.15, 0.2) is 11.6 Å². The van der Waals surface area contributed by atoms with Crippen LogP contribution >= 0.6 is 0 Å². The first-order chi connectivity index (χ1) is 7.18. The SMILES string of the molecule is CCC1(CC)OCCC12CC=C(C)CC2. The number of ether oxygens (including phenoxy) is 1. The first-order valence-electron chi connectivity index (χ1n) is 6.48. The molecular weight excluding hydrogens is 184 g/mol. The zero-order chi connectivity index (χ0) is 10.9. The maximum atomic E-state index is 6.14. The summed E-state index contributed by atoms with van der Waals surface area (Å²) in [5.74, 6) is 0. The maximum absolute atomic E-state index is 6.14. The number of hydrogen-bond acceptors (Lipinski definition) is 1. The minimum Gasteiger partial charge on any atom is -0.374 e. The van der Waals surface area contributed by atoms with Crippen molar-refractivity contribution in [1.29, 1.82) is 0 Å². The predicted octanol–water partition coefficient (Wildman–Crippen LogP) is 4.08. The third-order valence-electron chi connectivity index (χ3n) is 4.91. The molecule has 1 aliphatic heterocycles. The molecule has 0 bridgehead atoms. The summed E-state index contributed by atoms with van der Waals surface area (Å²) in [7, 11) is 0. The molecule has 1 atom stereocenters. The van der Waals surface area contributed by atoms with E-state index in [1.165, 1.54) is 38.5 Å². The van der Waals surface area contributed by atoms with Gasteiger partial charge in [0.05, 0.1) is 5.60 Å². The van der Waals surface area contributed by atoms with E-state index in [9.17, 15) is 0 Å². The van der Waals surface area contributed by atoms with E-state index in [1.807, 2.05) is 0 Å². The van der Waals surface area contributed by atoms with Gasteiger partial charge in [0.1, 0.15) is 0 Å². The summed E-state index contributed by atoms with van der Waals surface area (Å²) in [6, 6.07) is 0. The van der Waals surface area contributed by atoms with E-state index < -0.39 is 0 Å². The standard InChI is InChI=1S/C14H24O/c1-4-14(5-2)13(10-11-15-14)8-6-12(3)7-9-13/h6H,4-5,7-11H2,1-3H3. The normalized spacial score (nSPS) is 34.5. The molecule has 0 aromatic rings. The zero-order valence-electron chi connectivity index (χ0n) is 10.4. The molecule has 0 N–H and O–H groups in total. The lowest BCUT2D eigenvalue weighted by Gasteiger charge is -2.45. The lowest BCUT2D eigenvalue weighted by Crippen LogP contribution is -2.45. The van der Waals surface area contributed by atoms with Gasteiger partial charge in [-0.15, -0.1) is 0 Å². The van der Waals surface area contributed by atoms with Gasteiger partial charge in [0, 0.05) is 12.0 Å². The van der Waals surface area contributed by atoms with E-state index in [1.54, 1.807) is 5.57 Å². The summed E-state index contributed by atoms with van der Waals surface area (Å²) >= 11 is 0. The van der Waals surface area contributed by atoms with Gasteiger partial charge in [-0.2, -0.15) is 0 Å².